The van der Waals surface area contributed by atoms with E-state index in [0.717, 1.165) is 17.5 Å². The van der Waals surface area contributed by atoms with E-state index in [0.29, 0.717) is 12.3 Å². The Labute approximate surface area is 190 Å². The van der Waals surface area contributed by atoms with E-state index < -0.39 is 10.7 Å². The van der Waals surface area contributed by atoms with Crippen molar-refractivity contribution in [3.05, 3.63) is 44.9 Å². The highest BCUT2D eigenvalue weighted by Crippen LogP contribution is 2.16. The van der Waals surface area contributed by atoms with Crippen LogP contribution in [0.2, 0.25) is 0 Å². The Bertz CT molecular complexity index is 829. The Morgan fingerprint density at radius 1 is 0.875 bits per heavy atom. The number of hydrogen-bond acceptors (Lipinski definition) is 6. The predicted octanol–water partition coefficient (Wildman–Crippen LogP) is 6.59. The Kier molecular flexibility index (Phi) is 12.2. The monoisotopic (exact) mass is 447 g/mol. The third-order valence-corrected chi connectivity index (χ3v) is 5.56. The van der Waals surface area contributed by atoms with Gasteiger partial charge in [-0.15, -0.1) is 0 Å². The molecule has 0 aliphatic heterocycles. The van der Waals surface area contributed by atoms with Gasteiger partial charge < -0.3 is 9.15 Å². The number of non-ortho nitro benzene ring substituents is 1. The van der Waals surface area contributed by atoms with Gasteiger partial charge in [0, 0.05) is 12.1 Å². The van der Waals surface area contributed by atoms with Crippen molar-refractivity contribution in [2.75, 3.05) is 6.61 Å². The summed E-state index contributed by atoms with van der Waals surface area (Å²) in [4.78, 5) is 22.2. The van der Waals surface area contributed by atoms with Gasteiger partial charge >= 0.3 is 11.8 Å². The van der Waals surface area contributed by atoms with Crippen molar-refractivity contribution < 1.29 is 14.1 Å². The SMILES string of the molecule is CCCCCCCCCCCCCCCCOc1nn(-c2ccc([N+](=O)[O-])cc2)c(=O)o1. The zero-order chi connectivity index (χ0) is 23.0. The molecule has 8 nitrogen and oxygen atoms in total. The molecule has 0 aliphatic rings. The topological polar surface area (TPSA) is 100 Å². The second kappa shape index (κ2) is 15.2. The third kappa shape index (κ3) is 9.66. The standard InChI is InChI=1S/C24H37N3O5/c1-2-3-4-5-6-7-8-9-10-11-12-13-14-15-20-31-23-25-26(24(28)32-23)21-16-18-22(19-17-21)27(29)30/h16-19H,2-15,20H2,1H3. The summed E-state index contributed by atoms with van der Waals surface area (Å²) in [6.45, 7) is 2.70. The zero-order valence-electron chi connectivity index (χ0n) is 19.3. The van der Waals surface area contributed by atoms with Crippen LogP contribution >= 0.6 is 0 Å². The first kappa shape index (κ1) is 25.6. The van der Waals surface area contributed by atoms with E-state index in [9.17, 15) is 14.9 Å². The minimum Gasteiger partial charge on any atom is -0.449 e. The second-order valence-electron chi connectivity index (χ2n) is 8.26. The fourth-order valence-electron chi connectivity index (χ4n) is 3.65. The molecule has 0 spiro atoms. The summed E-state index contributed by atoms with van der Waals surface area (Å²) < 4.78 is 11.5. The highest BCUT2D eigenvalue weighted by Gasteiger charge is 2.12. The van der Waals surface area contributed by atoms with Crippen LogP contribution in [0.5, 0.6) is 6.08 Å². The average molecular weight is 448 g/mol. The van der Waals surface area contributed by atoms with E-state index in [1.54, 1.807) is 0 Å². The maximum Gasteiger partial charge on any atom is 0.444 e. The lowest BCUT2D eigenvalue weighted by Gasteiger charge is -2.03. The molecule has 178 valence electrons. The van der Waals surface area contributed by atoms with Crippen molar-refractivity contribution >= 4 is 5.69 Å². The molecule has 0 fully saturated rings. The van der Waals surface area contributed by atoms with Crippen LogP contribution in [0.4, 0.5) is 5.69 Å². The lowest BCUT2D eigenvalue weighted by molar-refractivity contribution is -0.384. The van der Waals surface area contributed by atoms with Gasteiger partial charge in [-0.3, -0.25) is 10.1 Å². The number of nitro benzene ring substituents is 1. The Hall–Kier alpha value is -2.64. The second-order valence-corrected chi connectivity index (χ2v) is 8.26. The van der Waals surface area contributed by atoms with E-state index in [1.165, 1.54) is 101 Å². The first-order valence-corrected chi connectivity index (χ1v) is 12.1. The van der Waals surface area contributed by atoms with Crippen LogP contribution in [0.25, 0.3) is 5.69 Å². The van der Waals surface area contributed by atoms with Gasteiger partial charge in [0.05, 0.1) is 17.2 Å². The van der Waals surface area contributed by atoms with Crippen molar-refractivity contribution in [2.45, 2.75) is 96.8 Å². The smallest absolute Gasteiger partial charge is 0.444 e. The zero-order valence-corrected chi connectivity index (χ0v) is 19.3. The molecule has 0 saturated carbocycles. The van der Waals surface area contributed by atoms with Crippen LogP contribution in [-0.4, -0.2) is 21.3 Å². The van der Waals surface area contributed by atoms with Crippen molar-refractivity contribution in [3.63, 3.8) is 0 Å². The molecule has 2 rings (SSSR count). The van der Waals surface area contributed by atoms with Crippen molar-refractivity contribution in [3.8, 4) is 11.8 Å². The summed E-state index contributed by atoms with van der Waals surface area (Å²) in [6.07, 6.45) is 17.9. The Morgan fingerprint density at radius 3 is 1.88 bits per heavy atom. The van der Waals surface area contributed by atoms with E-state index in [-0.39, 0.29) is 11.8 Å². The molecule has 2 aromatic rings. The summed E-state index contributed by atoms with van der Waals surface area (Å²) in [5.41, 5.74) is 0.329. The number of benzene rings is 1. The van der Waals surface area contributed by atoms with Crippen LogP contribution in [-0.2, 0) is 0 Å². The number of aromatic nitrogens is 2. The van der Waals surface area contributed by atoms with E-state index >= 15 is 0 Å². The maximum atomic E-state index is 11.9. The summed E-state index contributed by atoms with van der Waals surface area (Å²) in [7, 11) is 0. The number of nitro groups is 1. The molecule has 1 heterocycles. The normalized spacial score (nSPS) is 11.0. The van der Waals surface area contributed by atoms with Crippen molar-refractivity contribution in [1.82, 2.24) is 9.78 Å². The fraction of sp³-hybridized carbons (Fsp3) is 0.667. The van der Waals surface area contributed by atoms with Gasteiger partial charge in [0.15, 0.2) is 0 Å². The average Bonchev–Trinajstić information content (AvgIpc) is 3.16. The lowest BCUT2D eigenvalue weighted by Crippen LogP contribution is -2.13. The van der Waals surface area contributed by atoms with Gasteiger partial charge in [-0.1, -0.05) is 95.5 Å². The molecule has 1 aromatic heterocycles. The fourth-order valence-corrected chi connectivity index (χ4v) is 3.65. The molecule has 0 N–H and O–H groups in total. The van der Waals surface area contributed by atoms with Crippen LogP contribution in [0.1, 0.15) is 96.8 Å². The molecular weight excluding hydrogens is 410 g/mol. The van der Waals surface area contributed by atoms with E-state index in [1.807, 2.05) is 0 Å². The minimum absolute atomic E-state index is 0.0560. The molecule has 0 aliphatic carbocycles. The first-order valence-electron chi connectivity index (χ1n) is 12.1. The first-order chi connectivity index (χ1) is 15.6. The molecule has 0 saturated heterocycles. The van der Waals surface area contributed by atoms with Crippen LogP contribution < -0.4 is 10.5 Å². The Morgan fingerprint density at radius 2 is 1.38 bits per heavy atom. The quantitative estimate of drug-likeness (QED) is 0.145. The summed E-state index contributed by atoms with van der Waals surface area (Å²) in [5, 5.41) is 14.7. The summed E-state index contributed by atoms with van der Waals surface area (Å²) in [6, 6.07) is 5.51. The molecular formula is C24H37N3O5. The summed E-state index contributed by atoms with van der Waals surface area (Å²) in [5.74, 6) is -0.685. The van der Waals surface area contributed by atoms with Gasteiger partial charge in [-0.2, -0.15) is 4.68 Å². The molecule has 32 heavy (non-hydrogen) atoms. The number of rotatable bonds is 18. The van der Waals surface area contributed by atoms with Crippen LogP contribution in [0.15, 0.2) is 33.5 Å². The van der Waals surface area contributed by atoms with Gasteiger partial charge in [0.1, 0.15) is 0 Å². The highest BCUT2D eigenvalue weighted by molar-refractivity contribution is 5.39. The van der Waals surface area contributed by atoms with Gasteiger partial charge in [0.2, 0.25) is 0 Å². The lowest BCUT2D eigenvalue weighted by atomic mass is 10.0. The number of nitrogens with zero attached hydrogens (tertiary/aromatic N) is 3. The van der Waals surface area contributed by atoms with E-state index in [2.05, 4.69) is 12.0 Å². The molecule has 0 amide bonds. The van der Waals surface area contributed by atoms with E-state index in [4.69, 9.17) is 9.15 Å². The minimum atomic E-state index is -0.685. The number of ether oxygens (including phenoxy) is 1. The molecule has 0 unspecified atom stereocenters. The molecule has 8 heteroatoms. The number of hydrogen-bond donors (Lipinski definition) is 0. The Balaban J connectivity index is 1.51. The van der Waals surface area contributed by atoms with Crippen LogP contribution in [0.3, 0.4) is 0 Å². The highest BCUT2D eigenvalue weighted by atomic mass is 16.6. The summed E-state index contributed by atoms with van der Waals surface area (Å²) >= 11 is 0. The predicted molar refractivity (Wildman–Crippen MR) is 125 cm³/mol. The van der Waals surface area contributed by atoms with Crippen LogP contribution in [0, 0.1) is 10.1 Å². The maximum absolute atomic E-state index is 11.9. The third-order valence-electron chi connectivity index (χ3n) is 5.56. The number of unbranched alkanes of at least 4 members (excludes halogenated alkanes) is 13. The van der Waals surface area contributed by atoms with Gasteiger partial charge in [0.25, 0.3) is 5.69 Å². The molecule has 0 atom stereocenters. The molecule has 0 bridgehead atoms. The molecule has 1 aromatic carbocycles. The van der Waals surface area contributed by atoms with Gasteiger partial charge in [-0.25, -0.2) is 4.79 Å². The largest absolute Gasteiger partial charge is 0.449 e. The van der Waals surface area contributed by atoms with Crippen molar-refractivity contribution in [2.24, 2.45) is 0 Å². The molecule has 0 radical (unpaired) electrons. The van der Waals surface area contributed by atoms with Gasteiger partial charge in [-0.05, 0) is 18.6 Å². The van der Waals surface area contributed by atoms with Crippen molar-refractivity contribution in [1.29, 1.82) is 0 Å².